The molecule has 0 radical (unpaired) electrons. The van der Waals surface area contributed by atoms with Gasteiger partial charge in [-0.2, -0.15) is 0 Å². The van der Waals surface area contributed by atoms with Crippen LogP contribution in [0.1, 0.15) is 32.6 Å². The van der Waals surface area contributed by atoms with Crippen molar-refractivity contribution in [1.29, 1.82) is 0 Å². The van der Waals surface area contributed by atoms with Crippen LogP contribution in [0.5, 0.6) is 17.2 Å². The molecule has 31 heavy (non-hydrogen) atoms. The number of aliphatic hydroxyl groups excluding tert-OH is 1. The highest BCUT2D eigenvalue weighted by atomic mass is 16.5. The topological polar surface area (TPSA) is 90.2 Å². The molecule has 1 aliphatic heterocycles. The minimum absolute atomic E-state index is 0.0101. The van der Waals surface area contributed by atoms with Gasteiger partial charge in [-0.05, 0) is 30.0 Å². The quantitative estimate of drug-likeness (QED) is 0.589. The highest BCUT2D eigenvalue weighted by molar-refractivity contribution is 6.00. The van der Waals surface area contributed by atoms with Crippen molar-refractivity contribution in [2.75, 3.05) is 6.61 Å². The molecule has 0 fully saturated rings. The molecular formula is C25H25NO5. The number of phenolic OH excluding ortho intramolecular Hbond substituents is 2. The Balaban J connectivity index is 1.71. The number of hydrogen-bond acceptors (Lipinski definition) is 5. The van der Waals surface area contributed by atoms with Crippen molar-refractivity contribution in [3.8, 4) is 17.2 Å². The number of carbonyl (C=O) groups excluding carboxylic acids is 1. The molecule has 160 valence electrons. The van der Waals surface area contributed by atoms with Crippen LogP contribution >= 0.6 is 0 Å². The predicted molar refractivity (Wildman–Crippen MR) is 116 cm³/mol. The zero-order valence-electron chi connectivity index (χ0n) is 17.3. The van der Waals surface area contributed by atoms with E-state index in [1.54, 1.807) is 11.8 Å². The highest BCUT2D eigenvalue weighted by Gasteiger charge is 2.34. The van der Waals surface area contributed by atoms with Crippen LogP contribution in [-0.4, -0.2) is 38.8 Å². The molecule has 3 aromatic rings. The Hall–Kier alpha value is -3.51. The number of amides is 1. The summed E-state index contributed by atoms with van der Waals surface area (Å²) in [5.74, 6) is -0.814. The number of carbonyl (C=O) groups is 1. The van der Waals surface area contributed by atoms with Crippen molar-refractivity contribution in [2.24, 2.45) is 0 Å². The molecule has 0 unspecified atom stereocenters. The lowest BCUT2D eigenvalue weighted by Gasteiger charge is -2.36. The van der Waals surface area contributed by atoms with Gasteiger partial charge in [-0.15, -0.1) is 0 Å². The van der Waals surface area contributed by atoms with Crippen LogP contribution in [0.2, 0.25) is 0 Å². The summed E-state index contributed by atoms with van der Waals surface area (Å²) in [4.78, 5) is 15.1. The van der Waals surface area contributed by atoms with Crippen LogP contribution in [0.4, 0.5) is 0 Å². The maximum atomic E-state index is 13.6. The monoisotopic (exact) mass is 419 g/mol. The number of rotatable bonds is 5. The molecule has 0 aliphatic carbocycles. The molecule has 0 aromatic heterocycles. The largest absolute Gasteiger partial charge is 0.507 e. The third-order valence-electron chi connectivity index (χ3n) is 5.75. The van der Waals surface area contributed by atoms with Crippen molar-refractivity contribution in [2.45, 2.75) is 32.5 Å². The fourth-order valence-corrected chi connectivity index (χ4v) is 3.98. The number of nitrogens with zero attached hydrogens (tertiary/aromatic N) is 1. The summed E-state index contributed by atoms with van der Waals surface area (Å²) < 4.78 is 5.94. The molecule has 3 aromatic carbocycles. The van der Waals surface area contributed by atoms with Gasteiger partial charge in [0.2, 0.25) is 0 Å². The van der Waals surface area contributed by atoms with Crippen LogP contribution in [0.3, 0.4) is 0 Å². The van der Waals surface area contributed by atoms with E-state index in [1.165, 1.54) is 0 Å². The second kappa shape index (κ2) is 8.70. The fraction of sp³-hybridized carbons (Fsp3) is 0.240. The standard InChI is InChI=1S/C25H25NO5/c1-16-21(28)12-22(29)23(24(16)31-15-17-7-3-2-4-8-17)25(30)26-13-19-10-6-5-9-18(19)11-20(26)14-27/h2-10,12,20,27-29H,11,13-15H2,1H3/t20-/m0/s1. The minimum atomic E-state index is -0.447. The third-order valence-corrected chi connectivity index (χ3v) is 5.75. The SMILES string of the molecule is Cc1c(O)cc(O)c(C(=O)N2Cc3ccccc3C[C@H]2CO)c1OCc1ccccc1. The van der Waals surface area contributed by atoms with E-state index < -0.39 is 11.9 Å². The van der Waals surface area contributed by atoms with E-state index in [4.69, 9.17) is 4.74 Å². The lowest BCUT2D eigenvalue weighted by Crippen LogP contribution is -2.46. The van der Waals surface area contributed by atoms with E-state index >= 15 is 0 Å². The number of hydrogen-bond donors (Lipinski definition) is 3. The molecule has 1 amide bonds. The van der Waals surface area contributed by atoms with Gasteiger partial charge in [0, 0.05) is 18.2 Å². The Morgan fingerprint density at radius 2 is 1.71 bits per heavy atom. The summed E-state index contributed by atoms with van der Waals surface area (Å²) in [5.41, 5.74) is 3.35. The number of aromatic hydroxyl groups is 2. The zero-order chi connectivity index (χ0) is 22.0. The molecule has 0 bridgehead atoms. The molecule has 0 saturated heterocycles. The Bertz CT molecular complexity index is 1100. The van der Waals surface area contributed by atoms with Gasteiger partial charge in [0.05, 0.1) is 12.6 Å². The van der Waals surface area contributed by atoms with E-state index in [1.807, 2.05) is 54.6 Å². The van der Waals surface area contributed by atoms with Crippen molar-refractivity contribution in [3.63, 3.8) is 0 Å². The summed E-state index contributed by atoms with van der Waals surface area (Å²) in [7, 11) is 0. The normalized spacial score (nSPS) is 15.4. The minimum Gasteiger partial charge on any atom is -0.507 e. The van der Waals surface area contributed by atoms with Gasteiger partial charge in [-0.25, -0.2) is 0 Å². The average molecular weight is 419 g/mol. The second-order valence-electron chi connectivity index (χ2n) is 7.76. The van der Waals surface area contributed by atoms with Gasteiger partial charge >= 0.3 is 0 Å². The lowest BCUT2D eigenvalue weighted by atomic mass is 9.93. The van der Waals surface area contributed by atoms with Crippen molar-refractivity contribution < 1.29 is 24.9 Å². The zero-order valence-corrected chi connectivity index (χ0v) is 17.3. The first-order chi connectivity index (χ1) is 15.0. The number of ether oxygens (including phenoxy) is 1. The summed E-state index contributed by atoms with van der Waals surface area (Å²) in [6.45, 7) is 1.94. The van der Waals surface area contributed by atoms with Crippen molar-refractivity contribution in [1.82, 2.24) is 4.90 Å². The molecule has 0 saturated carbocycles. The van der Waals surface area contributed by atoms with Crippen LogP contribution < -0.4 is 4.74 Å². The molecule has 3 N–H and O–H groups in total. The van der Waals surface area contributed by atoms with E-state index in [9.17, 15) is 20.1 Å². The van der Waals surface area contributed by atoms with Crippen LogP contribution in [0.15, 0.2) is 60.7 Å². The third kappa shape index (κ3) is 4.07. The molecular weight excluding hydrogens is 394 g/mol. The molecule has 6 heteroatoms. The molecule has 1 aliphatic rings. The Morgan fingerprint density at radius 1 is 1.03 bits per heavy atom. The van der Waals surface area contributed by atoms with Crippen molar-refractivity contribution in [3.05, 3.63) is 88.5 Å². The predicted octanol–water partition coefficient (Wildman–Crippen LogP) is 3.54. The number of phenols is 2. The first kappa shape index (κ1) is 20.8. The summed E-state index contributed by atoms with van der Waals surface area (Å²) in [6, 6.07) is 18.0. The van der Waals surface area contributed by atoms with Gasteiger partial charge in [-0.1, -0.05) is 54.6 Å². The van der Waals surface area contributed by atoms with Crippen LogP contribution in [0, 0.1) is 6.92 Å². The van der Waals surface area contributed by atoms with E-state index in [2.05, 4.69) is 0 Å². The first-order valence-corrected chi connectivity index (χ1v) is 10.2. The van der Waals surface area contributed by atoms with Gasteiger partial charge < -0.3 is 25.0 Å². The lowest BCUT2D eigenvalue weighted by molar-refractivity contribution is 0.0536. The van der Waals surface area contributed by atoms with Crippen molar-refractivity contribution >= 4 is 5.91 Å². The Labute approximate surface area is 181 Å². The Kier molecular flexibility index (Phi) is 5.82. The molecule has 1 heterocycles. The molecule has 6 nitrogen and oxygen atoms in total. The Morgan fingerprint density at radius 3 is 2.42 bits per heavy atom. The van der Waals surface area contributed by atoms with Crippen LogP contribution in [0.25, 0.3) is 0 Å². The second-order valence-corrected chi connectivity index (χ2v) is 7.76. The highest BCUT2D eigenvalue weighted by Crippen LogP contribution is 2.40. The first-order valence-electron chi connectivity index (χ1n) is 10.2. The van der Waals surface area contributed by atoms with E-state index in [0.29, 0.717) is 18.5 Å². The molecule has 4 rings (SSSR count). The number of aliphatic hydroxyl groups is 1. The van der Waals surface area contributed by atoms with Gasteiger partial charge in [0.15, 0.2) is 0 Å². The van der Waals surface area contributed by atoms with Gasteiger partial charge in [0.25, 0.3) is 5.91 Å². The molecule has 1 atom stereocenters. The number of fused-ring (bicyclic) bond motifs is 1. The summed E-state index contributed by atoms with van der Waals surface area (Å²) in [6.07, 6.45) is 0.524. The maximum Gasteiger partial charge on any atom is 0.262 e. The fourth-order valence-electron chi connectivity index (χ4n) is 3.98. The van der Waals surface area contributed by atoms with Gasteiger partial charge in [-0.3, -0.25) is 4.79 Å². The number of benzene rings is 3. The van der Waals surface area contributed by atoms with Gasteiger partial charge in [0.1, 0.15) is 29.4 Å². The van der Waals surface area contributed by atoms with E-state index in [0.717, 1.165) is 22.8 Å². The van der Waals surface area contributed by atoms with Crippen LogP contribution in [-0.2, 0) is 19.6 Å². The average Bonchev–Trinajstić information content (AvgIpc) is 2.79. The maximum absolute atomic E-state index is 13.6. The summed E-state index contributed by atoms with van der Waals surface area (Å²) >= 11 is 0. The summed E-state index contributed by atoms with van der Waals surface area (Å²) in [5, 5.41) is 30.8. The molecule has 0 spiro atoms. The smallest absolute Gasteiger partial charge is 0.262 e. The van der Waals surface area contributed by atoms with E-state index in [-0.39, 0.29) is 36.0 Å².